The van der Waals surface area contributed by atoms with Crippen LogP contribution in [0.4, 0.5) is 11.4 Å². The monoisotopic (exact) mass is 369 g/mol. The van der Waals surface area contributed by atoms with Crippen LogP contribution in [0.15, 0.2) is 51.8 Å². The molecule has 0 unspecified atom stereocenters. The van der Waals surface area contributed by atoms with Gasteiger partial charge in [-0.3, -0.25) is 0 Å². The van der Waals surface area contributed by atoms with E-state index in [1.807, 2.05) is 36.4 Å². The van der Waals surface area contributed by atoms with E-state index in [4.69, 9.17) is 0 Å². The topological polar surface area (TPSA) is 70.6 Å². The van der Waals surface area contributed by atoms with Gasteiger partial charge in [0.2, 0.25) is 5.96 Å². The number of rotatable bonds is 3. The molecule has 0 aromatic heterocycles. The molecule has 0 saturated heterocycles. The fourth-order valence-electron chi connectivity index (χ4n) is 3.41. The van der Waals surface area contributed by atoms with Crippen LogP contribution in [0.5, 0.6) is 0 Å². The van der Waals surface area contributed by atoms with Crippen LogP contribution in [0, 0.1) is 0 Å². The van der Waals surface area contributed by atoms with Crippen molar-refractivity contribution in [2.75, 3.05) is 10.6 Å². The summed E-state index contributed by atoms with van der Waals surface area (Å²) in [6, 6.07) is 13.4. The second-order valence-corrected chi connectivity index (χ2v) is 8.86. The maximum absolute atomic E-state index is 12.6. The van der Waals surface area contributed by atoms with E-state index in [1.54, 1.807) is 6.07 Å². The van der Waals surface area contributed by atoms with E-state index in [-0.39, 0.29) is 10.9 Å². The largest absolute Gasteiger partial charge is 0.325 e. The molecular weight excluding hydrogens is 346 g/mol. The SMILES string of the molecule is CC(C)c1ccc(NC2=NS(=O)(=O)c3cccc(C4CCC4)c3N2)cc1. The van der Waals surface area contributed by atoms with Gasteiger partial charge in [0.25, 0.3) is 10.0 Å². The Labute approximate surface area is 154 Å². The molecule has 0 amide bonds. The number of nitrogens with one attached hydrogen (secondary N) is 2. The summed E-state index contributed by atoms with van der Waals surface area (Å²) in [6.45, 7) is 4.28. The Kier molecular flexibility index (Phi) is 4.23. The Morgan fingerprint density at radius 3 is 2.46 bits per heavy atom. The van der Waals surface area contributed by atoms with Crippen LogP contribution in [0.25, 0.3) is 0 Å². The molecule has 136 valence electrons. The summed E-state index contributed by atoms with van der Waals surface area (Å²) in [5.74, 6) is 1.13. The van der Waals surface area contributed by atoms with Gasteiger partial charge in [0.1, 0.15) is 4.90 Å². The Hall–Kier alpha value is -2.34. The summed E-state index contributed by atoms with van der Waals surface area (Å²) in [5, 5.41) is 6.32. The third-order valence-corrected chi connectivity index (χ3v) is 6.50. The predicted octanol–water partition coefficient (Wildman–Crippen LogP) is 4.66. The number of benzene rings is 2. The van der Waals surface area contributed by atoms with Crippen molar-refractivity contribution in [2.24, 2.45) is 4.40 Å². The van der Waals surface area contributed by atoms with E-state index in [1.165, 1.54) is 12.0 Å². The second-order valence-electron chi connectivity index (χ2n) is 7.29. The van der Waals surface area contributed by atoms with Gasteiger partial charge >= 0.3 is 0 Å². The number of guanidine groups is 1. The minimum Gasteiger partial charge on any atom is -0.325 e. The molecule has 4 rings (SSSR count). The smallest absolute Gasteiger partial charge is 0.287 e. The zero-order valence-corrected chi connectivity index (χ0v) is 15.8. The number of nitrogens with zero attached hydrogens (tertiary/aromatic N) is 1. The van der Waals surface area contributed by atoms with Crippen molar-refractivity contribution >= 4 is 27.4 Å². The Morgan fingerprint density at radius 1 is 1.12 bits per heavy atom. The maximum Gasteiger partial charge on any atom is 0.287 e. The third-order valence-electron chi connectivity index (χ3n) is 5.18. The Morgan fingerprint density at radius 2 is 1.85 bits per heavy atom. The molecule has 0 spiro atoms. The lowest BCUT2D eigenvalue weighted by Crippen LogP contribution is -2.29. The molecule has 0 atom stereocenters. The van der Waals surface area contributed by atoms with E-state index in [0.29, 0.717) is 17.5 Å². The van der Waals surface area contributed by atoms with Crippen LogP contribution in [0.2, 0.25) is 0 Å². The van der Waals surface area contributed by atoms with Gasteiger partial charge in [-0.05, 0) is 54.0 Å². The quantitative estimate of drug-likeness (QED) is 0.825. The average Bonchev–Trinajstić information content (AvgIpc) is 2.54. The molecular formula is C20H23N3O2S. The van der Waals surface area contributed by atoms with Crippen LogP contribution in [-0.4, -0.2) is 14.4 Å². The zero-order valence-electron chi connectivity index (χ0n) is 15.0. The Bertz CT molecular complexity index is 959. The highest BCUT2D eigenvalue weighted by Gasteiger charge is 2.31. The molecule has 0 radical (unpaired) electrons. The highest BCUT2D eigenvalue weighted by molar-refractivity contribution is 7.90. The van der Waals surface area contributed by atoms with Crippen molar-refractivity contribution in [1.29, 1.82) is 0 Å². The summed E-state index contributed by atoms with van der Waals surface area (Å²) in [5.41, 5.74) is 3.79. The van der Waals surface area contributed by atoms with Gasteiger partial charge in [0.15, 0.2) is 0 Å². The van der Waals surface area contributed by atoms with Gasteiger partial charge in [-0.2, -0.15) is 8.42 Å². The third kappa shape index (κ3) is 3.09. The predicted molar refractivity (Wildman–Crippen MR) is 105 cm³/mol. The van der Waals surface area contributed by atoms with Gasteiger partial charge in [0.05, 0.1) is 5.69 Å². The maximum atomic E-state index is 12.6. The highest BCUT2D eigenvalue weighted by Crippen LogP contribution is 2.43. The molecule has 2 N–H and O–H groups in total. The minimum absolute atomic E-state index is 0.251. The Balaban J connectivity index is 1.65. The van der Waals surface area contributed by atoms with E-state index < -0.39 is 10.0 Å². The fourth-order valence-corrected chi connectivity index (χ4v) is 4.52. The zero-order chi connectivity index (χ0) is 18.3. The first-order valence-corrected chi connectivity index (χ1v) is 10.5. The molecule has 2 aromatic carbocycles. The molecule has 2 aromatic rings. The first-order valence-electron chi connectivity index (χ1n) is 9.06. The van der Waals surface area contributed by atoms with Crippen molar-refractivity contribution in [1.82, 2.24) is 0 Å². The number of sulfonamides is 1. The van der Waals surface area contributed by atoms with Crippen LogP contribution in [0.1, 0.15) is 56.1 Å². The van der Waals surface area contributed by atoms with Crippen molar-refractivity contribution in [3.05, 3.63) is 53.6 Å². The molecule has 1 aliphatic carbocycles. The summed E-state index contributed by atoms with van der Waals surface area (Å²) in [4.78, 5) is 0.266. The van der Waals surface area contributed by atoms with Gasteiger partial charge in [-0.1, -0.05) is 44.5 Å². The molecule has 1 fully saturated rings. The van der Waals surface area contributed by atoms with Crippen LogP contribution in [0.3, 0.4) is 0 Å². The minimum atomic E-state index is -3.71. The summed E-state index contributed by atoms with van der Waals surface area (Å²) in [7, 11) is -3.71. The number of anilines is 2. The number of hydrogen-bond acceptors (Lipinski definition) is 4. The first-order chi connectivity index (χ1) is 12.4. The van der Waals surface area contributed by atoms with E-state index in [9.17, 15) is 8.42 Å². The summed E-state index contributed by atoms with van der Waals surface area (Å²) < 4.78 is 29.2. The van der Waals surface area contributed by atoms with Gasteiger partial charge < -0.3 is 10.6 Å². The van der Waals surface area contributed by atoms with Gasteiger partial charge in [-0.15, -0.1) is 4.40 Å². The molecule has 1 heterocycles. The summed E-state index contributed by atoms with van der Waals surface area (Å²) in [6.07, 6.45) is 3.41. The van der Waals surface area contributed by atoms with Crippen molar-refractivity contribution < 1.29 is 8.42 Å². The lowest BCUT2D eigenvalue weighted by Gasteiger charge is -2.30. The lowest BCUT2D eigenvalue weighted by atomic mass is 9.79. The second kappa shape index (κ2) is 6.43. The first kappa shape index (κ1) is 17.1. The van der Waals surface area contributed by atoms with Gasteiger partial charge in [0, 0.05) is 5.69 Å². The van der Waals surface area contributed by atoms with Crippen LogP contribution < -0.4 is 10.6 Å². The van der Waals surface area contributed by atoms with Gasteiger partial charge in [-0.25, -0.2) is 0 Å². The average molecular weight is 369 g/mol. The van der Waals surface area contributed by atoms with Crippen molar-refractivity contribution in [3.63, 3.8) is 0 Å². The van der Waals surface area contributed by atoms with E-state index >= 15 is 0 Å². The number of hydrogen-bond donors (Lipinski definition) is 2. The molecule has 0 bridgehead atoms. The van der Waals surface area contributed by atoms with E-state index in [2.05, 4.69) is 28.9 Å². The molecule has 26 heavy (non-hydrogen) atoms. The normalized spacial score (nSPS) is 18.5. The lowest BCUT2D eigenvalue weighted by molar-refractivity contribution is 0.420. The molecule has 6 heteroatoms. The van der Waals surface area contributed by atoms with Crippen LogP contribution >= 0.6 is 0 Å². The van der Waals surface area contributed by atoms with Crippen molar-refractivity contribution in [3.8, 4) is 0 Å². The summed E-state index contributed by atoms with van der Waals surface area (Å²) >= 11 is 0. The molecule has 1 saturated carbocycles. The molecule has 1 aliphatic heterocycles. The molecule has 5 nitrogen and oxygen atoms in total. The number of fused-ring (bicyclic) bond motifs is 1. The fraction of sp³-hybridized carbons (Fsp3) is 0.350. The standard InChI is InChI=1S/C20H23N3O2S/c1-13(2)14-9-11-16(12-10-14)21-20-22-19-17(15-5-3-6-15)7-4-8-18(19)26(24,25)23-20/h4,7-13,15H,3,5-6H2,1-2H3,(H2,21,22,23). The van der Waals surface area contributed by atoms with Crippen molar-refractivity contribution in [2.45, 2.75) is 49.8 Å². The number of para-hydroxylation sites is 1. The highest BCUT2D eigenvalue weighted by atomic mass is 32.2. The molecule has 2 aliphatic rings. The van der Waals surface area contributed by atoms with Crippen LogP contribution in [-0.2, 0) is 10.0 Å². The van der Waals surface area contributed by atoms with E-state index in [0.717, 1.165) is 24.1 Å².